The Morgan fingerprint density at radius 3 is 2.50 bits per heavy atom. The number of nitrogens with zero attached hydrogens (tertiary/aromatic N) is 1. The van der Waals surface area contributed by atoms with Crippen LogP contribution in [0.5, 0.6) is 0 Å². The molecule has 1 aromatic heterocycles. The molecule has 0 aliphatic rings. The van der Waals surface area contributed by atoms with Crippen LogP contribution in [0.2, 0.25) is 28.2 Å². The standard InChI is InChI=1S/C27H32Cl2FNO4Si/c1-7-34-26(33)20-16-31(11-12-35-36(5,6)27(2,3)4)24-19(25(20)32)14-17(15-22(24)30)13-18-9-8-10-21(28)23(18)29/h8-10,14-16H,7,11-13H2,1-6H3. The van der Waals surface area contributed by atoms with Gasteiger partial charge < -0.3 is 13.7 Å². The van der Waals surface area contributed by atoms with Gasteiger partial charge in [0.05, 0.1) is 28.8 Å². The van der Waals surface area contributed by atoms with Crippen molar-refractivity contribution in [1.29, 1.82) is 0 Å². The fraction of sp³-hybridized carbons (Fsp3) is 0.407. The van der Waals surface area contributed by atoms with Gasteiger partial charge in [-0.05, 0) is 60.8 Å². The van der Waals surface area contributed by atoms with E-state index >= 15 is 4.39 Å². The molecule has 0 saturated carbocycles. The van der Waals surface area contributed by atoms with Crippen molar-refractivity contribution in [1.82, 2.24) is 4.57 Å². The lowest BCUT2D eigenvalue weighted by molar-refractivity contribution is 0.0524. The number of carbonyl (C=O) groups is 1. The summed E-state index contributed by atoms with van der Waals surface area (Å²) in [5.41, 5.74) is 0.628. The van der Waals surface area contributed by atoms with Gasteiger partial charge in [-0.3, -0.25) is 4.79 Å². The molecule has 5 nitrogen and oxygen atoms in total. The van der Waals surface area contributed by atoms with Crippen molar-refractivity contribution >= 4 is 48.4 Å². The molecule has 1 heterocycles. The van der Waals surface area contributed by atoms with Gasteiger partial charge in [-0.2, -0.15) is 0 Å². The Morgan fingerprint density at radius 1 is 1.17 bits per heavy atom. The summed E-state index contributed by atoms with van der Waals surface area (Å²) in [7, 11) is -2.04. The molecule has 3 aromatic rings. The molecule has 0 atom stereocenters. The van der Waals surface area contributed by atoms with Crippen LogP contribution in [-0.4, -0.2) is 32.1 Å². The number of hydrogen-bond acceptors (Lipinski definition) is 4. The van der Waals surface area contributed by atoms with Crippen LogP contribution in [0.1, 0.15) is 49.2 Å². The zero-order valence-electron chi connectivity index (χ0n) is 21.5. The minimum atomic E-state index is -2.04. The van der Waals surface area contributed by atoms with Crippen molar-refractivity contribution in [2.75, 3.05) is 13.2 Å². The van der Waals surface area contributed by atoms with E-state index in [9.17, 15) is 9.59 Å². The second-order valence-electron chi connectivity index (χ2n) is 10.3. The molecular formula is C27H32Cl2FNO4Si. The van der Waals surface area contributed by atoms with Crippen LogP contribution in [0.25, 0.3) is 10.9 Å². The van der Waals surface area contributed by atoms with Crippen LogP contribution in [0.3, 0.4) is 0 Å². The number of halogens is 3. The zero-order chi connectivity index (χ0) is 26.8. The average Bonchev–Trinajstić information content (AvgIpc) is 2.77. The normalized spacial score (nSPS) is 12.2. The summed E-state index contributed by atoms with van der Waals surface area (Å²) >= 11 is 12.4. The first kappa shape index (κ1) is 28.4. The number of fused-ring (bicyclic) bond motifs is 1. The maximum Gasteiger partial charge on any atom is 0.343 e. The number of rotatable bonds is 8. The first-order valence-electron chi connectivity index (χ1n) is 11.9. The number of benzene rings is 2. The Labute approximate surface area is 222 Å². The van der Waals surface area contributed by atoms with Gasteiger partial charge in [0.15, 0.2) is 8.32 Å². The number of aromatic nitrogens is 1. The molecule has 0 amide bonds. The van der Waals surface area contributed by atoms with Crippen molar-refractivity contribution in [3.8, 4) is 0 Å². The van der Waals surface area contributed by atoms with E-state index in [0.29, 0.717) is 27.8 Å². The highest BCUT2D eigenvalue weighted by molar-refractivity contribution is 6.74. The fourth-order valence-corrected chi connectivity index (χ4v) is 5.12. The molecule has 0 aliphatic carbocycles. The molecule has 0 aliphatic heterocycles. The third kappa shape index (κ3) is 6.02. The number of carbonyl (C=O) groups excluding carboxylic acids is 1. The Balaban J connectivity index is 2.09. The highest BCUT2D eigenvalue weighted by atomic mass is 35.5. The second-order valence-corrected chi connectivity index (χ2v) is 15.9. The first-order chi connectivity index (χ1) is 16.8. The Morgan fingerprint density at radius 2 is 1.86 bits per heavy atom. The van der Waals surface area contributed by atoms with Crippen LogP contribution >= 0.6 is 23.2 Å². The molecule has 0 N–H and O–H groups in total. The molecule has 3 rings (SSSR count). The zero-order valence-corrected chi connectivity index (χ0v) is 24.0. The molecular weight excluding hydrogens is 520 g/mol. The summed E-state index contributed by atoms with van der Waals surface area (Å²) in [6.07, 6.45) is 1.64. The Bertz CT molecular complexity index is 1350. The van der Waals surface area contributed by atoms with Gasteiger partial charge >= 0.3 is 5.97 Å². The molecule has 9 heteroatoms. The highest BCUT2D eigenvalue weighted by Crippen LogP contribution is 2.36. The minimum absolute atomic E-state index is 0.0104. The molecule has 0 saturated heterocycles. The van der Waals surface area contributed by atoms with Gasteiger partial charge in [-0.1, -0.05) is 56.1 Å². The van der Waals surface area contributed by atoms with Crippen molar-refractivity contribution in [3.63, 3.8) is 0 Å². The van der Waals surface area contributed by atoms with E-state index in [4.69, 9.17) is 32.4 Å². The van der Waals surface area contributed by atoms with E-state index in [0.717, 1.165) is 0 Å². The van der Waals surface area contributed by atoms with Crippen LogP contribution in [0.15, 0.2) is 41.3 Å². The van der Waals surface area contributed by atoms with Gasteiger partial charge in [0.1, 0.15) is 11.4 Å². The minimum Gasteiger partial charge on any atom is -0.462 e. The van der Waals surface area contributed by atoms with Gasteiger partial charge in [0.25, 0.3) is 0 Å². The molecule has 0 fully saturated rings. The summed E-state index contributed by atoms with van der Waals surface area (Å²) in [5, 5.41) is 0.876. The summed E-state index contributed by atoms with van der Waals surface area (Å²) in [6.45, 7) is 13.1. The molecule has 0 radical (unpaired) electrons. The molecule has 194 valence electrons. The largest absolute Gasteiger partial charge is 0.462 e. The summed E-state index contributed by atoms with van der Waals surface area (Å²) in [6, 6.07) is 8.21. The number of esters is 1. The molecule has 36 heavy (non-hydrogen) atoms. The monoisotopic (exact) mass is 551 g/mol. The third-order valence-corrected chi connectivity index (χ3v) is 12.1. The van der Waals surface area contributed by atoms with Crippen LogP contribution in [-0.2, 0) is 22.1 Å². The highest BCUT2D eigenvalue weighted by Gasteiger charge is 2.37. The summed E-state index contributed by atoms with van der Waals surface area (Å²) in [4.78, 5) is 25.9. The summed E-state index contributed by atoms with van der Waals surface area (Å²) < 4.78 is 28.5. The molecule has 0 unspecified atom stereocenters. The van der Waals surface area contributed by atoms with E-state index < -0.39 is 25.5 Å². The van der Waals surface area contributed by atoms with Gasteiger partial charge in [-0.15, -0.1) is 0 Å². The lowest BCUT2D eigenvalue weighted by Crippen LogP contribution is -2.41. The number of ether oxygens (including phenoxy) is 1. The van der Waals surface area contributed by atoms with E-state index in [1.54, 1.807) is 35.8 Å². The fourth-order valence-electron chi connectivity index (χ4n) is 3.70. The SMILES string of the molecule is CCOC(=O)c1cn(CCO[Si](C)(C)C(C)(C)C)c2c(F)cc(Cc3cccc(Cl)c3Cl)cc2c1=O. The van der Waals surface area contributed by atoms with Gasteiger partial charge in [0.2, 0.25) is 5.43 Å². The predicted molar refractivity (Wildman–Crippen MR) is 147 cm³/mol. The number of hydrogen-bond donors (Lipinski definition) is 0. The van der Waals surface area contributed by atoms with Crippen LogP contribution < -0.4 is 5.43 Å². The van der Waals surface area contributed by atoms with Crippen LogP contribution in [0, 0.1) is 5.82 Å². The Hall–Kier alpha value is -2.19. The second kappa shape index (κ2) is 11.0. The first-order valence-corrected chi connectivity index (χ1v) is 15.5. The van der Waals surface area contributed by atoms with Crippen LogP contribution in [0.4, 0.5) is 4.39 Å². The molecule has 0 spiro atoms. The van der Waals surface area contributed by atoms with Crippen molar-refractivity contribution in [2.45, 2.75) is 58.8 Å². The van der Waals surface area contributed by atoms with E-state index in [1.807, 2.05) is 0 Å². The smallest absolute Gasteiger partial charge is 0.343 e. The quantitative estimate of drug-likeness (QED) is 0.218. The van der Waals surface area contributed by atoms with Crippen molar-refractivity contribution in [2.24, 2.45) is 0 Å². The van der Waals surface area contributed by atoms with E-state index in [-0.39, 0.29) is 41.1 Å². The van der Waals surface area contributed by atoms with E-state index in [2.05, 4.69) is 33.9 Å². The average molecular weight is 553 g/mol. The lowest BCUT2D eigenvalue weighted by atomic mass is 10.0. The maximum absolute atomic E-state index is 15.5. The molecule has 2 aromatic carbocycles. The van der Waals surface area contributed by atoms with Crippen molar-refractivity contribution < 1.29 is 18.3 Å². The van der Waals surface area contributed by atoms with Gasteiger partial charge in [-0.25, -0.2) is 9.18 Å². The molecule has 0 bridgehead atoms. The Kier molecular flexibility index (Phi) is 8.71. The lowest BCUT2D eigenvalue weighted by Gasteiger charge is -2.36. The number of pyridine rings is 1. The maximum atomic E-state index is 15.5. The van der Waals surface area contributed by atoms with E-state index in [1.165, 1.54) is 12.3 Å². The van der Waals surface area contributed by atoms with Gasteiger partial charge in [0, 0.05) is 18.1 Å². The topological polar surface area (TPSA) is 57.5 Å². The van der Waals surface area contributed by atoms with Crippen molar-refractivity contribution in [3.05, 3.63) is 79.3 Å². The predicted octanol–water partition coefficient (Wildman–Crippen LogP) is 7.24. The summed E-state index contributed by atoms with van der Waals surface area (Å²) in [5.74, 6) is -1.31. The third-order valence-electron chi connectivity index (χ3n) is 6.71.